The Morgan fingerprint density at radius 3 is 2.67 bits per heavy atom. The highest BCUT2D eigenvalue weighted by atomic mass is 32.1. The van der Waals surface area contributed by atoms with E-state index in [9.17, 15) is 14.4 Å². The highest BCUT2D eigenvalue weighted by Gasteiger charge is 2.23. The smallest absolute Gasteiger partial charge is 0.330 e. The monoisotopic (exact) mass is 426 g/mol. The number of H-pyrrole nitrogens is 1. The molecule has 0 saturated carbocycles. The molecule has 0 unspecified atom stereocenters. The molecule has 0 aliphatic carbocycles. The van der Waals surface area contributed by atoms with Crippen LogP contribution in [0.5, 0.6) is 0 Å². The molecule has 1 amide bonds. The van der Waals surface area contributed by atoms with Crippen LogP contribution >= 0.6 is 11.3 Å². The molecule has 3 aromatic rings. The number of amides is 1. The van der Waals surface area contributed by atoms with Crippen LogP contribution in [0.2, 0.25) is 0 Å². The molecule has 2 aromatic heterocycles. The molecule has 0 spiro atoms. The summed E-state index contributed by atoms with van der Waals surface area (Å²) in [5, 5.41) is 1.90. The Morgan fingerprint density at radius 2 is 2.00 bits per heavy atom. The van der Waals surface area contributed by atoms with Crippen molar-refractivity contribution in [3.05, 3.63) is 85.2 Å². The number of carbonyl (C=O) groups excluding carboxylic acids is 1. The van der Waals surface area contributed by atoms with Crippen molar-refractivity contribution in [3.63, 3.8) is 0 Å². The maximum atomic E-state index is 13.1. The summed E-state index contributed by atoms with van der Waals surface area (Å²) in [6.45, 7) is 0.480. The maximum absolute atomic E-state index is 13.1. The lowest BCUT2D eigenvalue weighted by Gasteiger charge is -2.23. The molecule has 8 nitrogen and oxygen atoms in total. The molecule has 0 radical (unpaired) electrons. The molecule has 3 rings (SSSR count). The van der Waals surface area contributed by atoms with Crippen LogP contribution in [0.25, 0.3) is 6.08 Å². The molecule has 30 heavy (non-hydrogen) atoms. The van der Waals surface area contributed by atoms with Gasteiger partial charge in [-0.15, -0.1) is 11.3 Å². The minimum atomic E-state index is -0.722. The molecular weight excluding hydrogens is 404 g/mol. The third-order valence-corrected chi connectivity index (χ3v) is 5.22. The molecule has 0 saturated heterocycles. The summed E-state index contributed by atoms with van der Waals surface area (Å²) in [7, 11) is 1.49. The molecule has 9 heteroatoms. The minimum absolute atomic E-state index is 0.0737. The Morgan fingerprint density at radius 1 is 1.23 bits per heavy atom. The number of ether oxygens (including phenoxy) is 1. The molecule has 3 N–H and O–H groups in total. The zero-order chi connectivity index (χ0) is 21.5. The van der Waals surface area contributed by atoms with E-state index in [0.29, 0.717) is 0 Å². The van der Waals surface area contributed by atoms with Crippen molar-refractivity contribution in [3.8, 4) is 0 Å². The number of aromatic amines is 1. The topological polar surface area (TPSA) is 110 Å². The van der Waals surface area contributed by atoms with Crippen LogP contribution in [0, 0.1) is 0 Å². The van der Waals surface area contributed by atoms with Gasteiger partial charge in [-0.25, -0.2) is 4.79 Å². The second-order valence-corrected chi connectivity index (χ2v) is 7.38. The lowest BCUT2D eigenvalue weighted by molar-refractivity contribution is -0.114. The standard InChI is InChI=1S/C21H22N4O4S/c1-29-12-11-24-19(22)18(20(27)23-21(24)28)25(14-15-6-3-2-4-7-15)17(26)10-9-16-8-5-13-30-16/h2-10,13H,11-12,14,22H2,1H3,(H,23,27,28). The van der Waals surface area contributed by atoms with Gasteiger partial charge >= 0.3 is 5.69 Å². The average molecular weight is 426 g/mol. The first-order valence-electron chi connectivity index (χ1n) is 9.19. The predicted octanol–water partition coefficient (Wildman–Crippen LogP) is 2.07. The fourth-order valence-corrected chi connectivity index (χ4v) is 3.52. The minimum Gasteiger partial charge on any atom is -0.383 e. The molecule has 0 aliphatic rings. The number of aromatic nitrogens is 2. The second kappa shape index (κ2) is 9.86. The van der Waals surface area contributed by atoms with Gasteiger partial charge in [-0.3, -0.25) is 24.0 Å². The van der Waals surface area contributed by atoms with Gasteiger partial charge in [0.25, 0.3) is 11.5 Å². The number of hydrogen-bond donors (Lipinski definition) is 2. The maximum Gasteiger partial charge on any atom is 0.330 e. The Balaban J connectivity index is 2.06. The van der Waals surface area contributed by atoms with E-state index in [1.54, 1.807) is 6.08 Å². The van der Waals surface area contributed by atoms with Crippen LogP contribution in [-0.2, 0) is 22.6 Å². The van der Waals surface area contributed by atoms with Gasteiger partial charge in [-0.05, 0) is 23.1 Å². The van der Waals surface area contributed by atoms with Gasteiger partial charge in [-0.1, -0.05) is 36.4 Å². The third-order valence-electron chi connectivity index (χ3n) is 4.39. The third kappa shape index (κ3) is 4.94. The van der Waals surface area contributed by atoms with Gasteiger partial charge in [-0.2, -0.15) is 0 Å². The first kappa shape index (κ1) is 21.3. The summed E-state index contributed by atoms with van der Waals surface area (Å²) in [6.07, 6.45) is 3.06. The van der Waals surface area contributed by atoms with Crippen LogP contribution in [0.1, 0.15) is 10.4 Å². The largest absolute Gasteiger partial charge is 0.383 e. The quantitative estimate of drug-likeness (QED) is 0.536. The van der Waals surface area contributed by atoms with Crippen LogP contribution in [-0.4, -0.2) is 29.2 Å². The van der Waals surface area contributed by atoms with Gasteiger partial charge in [0.1, 0.15) is 5.82 Å². The molecule has 0 atom stereocenters. The van der Waals surface area contributed by atoms with Crippen LogP contribution in [0.4, 0.5) is 11.5 Å². The number of benzene rings is 1. The van der Waals surface area contributed by atoms with Gasteiger partial charge in [0.15, 0.2) is 5.69 Å². The van der Waals surface area contributed by atoms with Gasteiger partial charge < -0.3 is 10.5 Å². The number of thiophene rings is 1. The number of hydrogen-bond acceptors (Lipinski definition) is 6. The number of methoxy groups -OCH3 is 1. The number of rotatable bonds is 8. The molecule has 156 valence electrons. The lowest BCUT2D eigenvalue weighted by atomic mass is 10.2. The number of carbonyl (C=O) groups is 1. The zero-order valence-electron chi connectivity index (χ0n) is 16.4. The number of nitrogens with zero attached hydrogens (tertiary/aromatic N) is 2. The molecule has 0 fully saturated rings. The van der Waals surface area contributed by atoms with E-state index < -0.39 is 17.2 Å². The van der Waals surface area contributed by atoms with E-state index in [2.05, 4.69) is 4.98 Å². The normalized spacial score (nSPS) is 11.1. The summed E-state index contributed by atoms with van der Waals surface area (Å²) in [5.74, 6) is -0.518. The SMILES string of the molecule is COCCn1c(N)c(N(Cc2ccccc2)C(=O)C=Cc2cccs2)c(=O)[nH]c1=O. The van der Waals surface area contributed by atoms with E-state index in [0.717, 1.165) is 10.4 Å². The van der Waals surface area contributed by atoms with E-state index in [-0.39, 0.29) is 31.2 Å². The average Bonchev–Trinajstić information content (AvgIpc) is 3.25. The summed E-state index contributed by atoms with van der Waals surface area (Å²) in [5.41, 5.74) is 5.54. The van der Waals surface area contributed by atoms with Crippen LogP contribution in [0.15, 0.2) is 63.5 Å². The van der Waals surface area contributed by atoms with Crippen LogP contribution in [0.3, 0.4) is 0 Å². The number of nitrogen functional groups attached to an aromatic ring is 1. The number of nitrogens with two attached hydrogens (primary N) is 1. The number of nitrogens with one attached hydrogen (secondary N) is 1. The van der Waals surface area contributed by atoms with Gasteiger partial charge in [0.2, 0.25) is 0 Å². The van der Waals surface area contributed by atoms with Crippen molar-refractivity contribution < 1.29 is 9.53 Å². The molecule has 1 aromatic carbocycles. The van der Waals surface area contributed by atoms with Gasteiger partial charge in [0.05, 0.1) is 19.7 Å². The van der Waals surface area contributed by atoms with Crippen molar-refractivity contribution in [1.82, 2.24) is 9.55 Å². The van der Waals surface area contributed by atoms with Crippen molar-refractivity contribution in [2.24, 2.45) is 0 Å². The van der Waals surface area contributed by atoms with Crippen LogP contribution < -0.4 is 21.9 Å². The van der Waals surface area contributed by atoms with Crippen molar-refractivity contribution in [2.45, 2.75) is 13.1 Å². The molecule has 0 bridgehead atoms. The predicted molar refractivity (Wildman–Crippen MR) is 119 cm³/mol. The highest BCUT2D eigenvalue weighted by Crippen LogP contribution is 2.21. The van der Waals surface area contributed by atoms with E-state index in [4.69, 9.17) is 10.5 Å². The van der Waals surface area contributed by atoms with E-state index >= 15 is 0 Å². The molecule has 2 heterocycles. The fraction of sp³-hybridized carbons (Fsp3) is 0.190. The highest BCUT2D eigenvalue weighted by molar-refractivity contribution is 7.10. The summed E-state index contributed by atoms with van der Waals surface area (Å²) >= 11 is 1.49. The Bertz CT molecular complexity index is 1130. The Hall–Kier alpha value is -3.43. The first-order valence-corrected chi connectivity index (χ1v) is 10.1. The Kier molecular flexibility index (Phi) is 6.99. The fourth-order valence-electron chi connectivity index (χ4n) is 2.91. The van der Waals surface area contributed by atoms with E-state index in [1.165, 1.54) is 34.0 Å². The van der Waals surface area contributed by atoms with Gasteiger partial charge in [0, 0.05) is 18.1 Å². The summed E-state index contributed by atoms with van der Waals surface area (Å²) in [6, 6.07) is 13.0. The summed E-state index contributed by atoms with van der Waals surface area (Å²) < 4.78 is 6.20. The lowest BCUT2D eigenvalue weighted by Crippen LogP contribution is -2.40. The molecular formula is C21H22N4O4S. The first-order chi connectivity index (χ1) is 14.5. The van der Waals surface area contributed by atoms with Crippen molar-refractivity contribution in [2.75, 3.05) is 24.4 Å². The number of anilines is 2. The second-order valence-electron chi connectivity index (χ2n) is 6.40. The van der Waals surface area contributed by atoms with Crippen molar-refractivity contribution in [1.29, 1.82) is 0 Å². The van der Waals surface area contributed by atoms with Crippen molar-refractivity contribution >= 4 is 34.8 Å². The van der Waals surface area contributed by atoms with E-state index in [1.807, 2.05) is 47.8 Å². The zero-order valence-corrected chi connectivity index (χ0v) is 17.2. The molecule has 0 aliphatic heterocycles. The Labute approximate surface area is 176 Å². The summed E-state index contributed by atoms with van der Waals surface area (Å²) in [4.78, 5) is 42.4.